The Kier molecular flexibility index (Phi) is 4.98. The maximum Gasteiger partial charge on any atom is 0.255 e. The number of aromatic nitrogens is 1. The Morgan fingerprint density at radius 1 is 1.40 bits per heavy atom. The van der Waals surface area contributed by atoms with Crippen LogP contribution in [-0.2, 0) is 0 Å². The van der Waals surface area contributed by atoms with Crippen molar-refractivity contribution in [2.45, 2.75) is 6.92 Å². The van der Waals surface area contributed by atoms with E-state index < -0.39 is 0 Å². The fourth-order valence-corrected chi connectivity index (χ4v) is 2.16. The van der Waals surface area contributed by atoms with Gasteiger partial charge in [-0.05, 0) is 53.2 Å². The Balaban J connectivity index is 2.25. The Hall–Kier alpha value is -1.59. The zero-order valence-corrected chi connectivity index (χ0v) is 13.0. The number of anilines is 1. The van der Waals surface area contributed by atoms with Crippen molar-refractivity contribution >= 4 is 39.1 Å². The molecule has 0 atom stereocenters. The van der Waals surface area contributed by atoms with E-state index in [-0.39, 0.29) is 5.91 Å². The SMILES string of the molecule is CCOc1ccc(Cl)cc1NC(=O)c1ccnc(Br)c1. The van der Waals surface area contributed by atoms with Crippen molar-refractivity contribution in [2.24, 2.45) is 0 Å². The molecule has 0 radical (unpaired) electrons. The van der Waals surface area contributed by atoms with Crippen molar-refractivity contribution in [2.75, 3.05) is 11.9 Å². The third-order valence-corrected chi connectivity index (χ3v) is 3.15. The van der Waals surface area contributed by atoms with E-state index in [1.54, 1.807) is 36.5 Å². The number of nitrogens with zero attached hydrogens (tertiary/aromatic N) is 1. The van der Waals surface area contributed by atoms with E-state index in [1.165, 1.54) is 0 Å². The van der Waals surface area contributed by atoms with E-state index >= 15 is 0 Å². The molecule has 6 heteroatoms. The standard InChI is InChI=1S/C14H12BrClN2O2/c1-2-20-12-4-3-10(16)8-11(12)18-14(19)9-5-6-17-13(15)7-9/h3-8H,2H2,1H3,(H,18,19). The second kappa shape index (κ2) is 6.72. The second-order valence-corrected chi connectivity index (χ2v) is 5.14. The molecule has 104 valence electrons. The Bertz CT molecular complexity index is 634. The van der Waals surface area contributed by atoms with E-state index in [2.05, 4.69) is 26.2 Å². The van der Waals surface area contributed by atoms with E-state index in [0.29, 0.717) is 33.2 Å². The average molecular weight is 356 g/mol. The minimum atomic E-state index is -0.253. The van der Waals surface area contributed by atoms with E-state index in [1.807, 2.05) is 6.92 Å². The van der Waals surface area contributed by atoms with E-state index in [9.17, 15) is 4.79 Å². The van der Waals surface area contributed by atoms with Gasteiger partial charge in [-0.2, -0.15) is 0 Å². The number of amides is 1. The van der Waals surface area contributed by atoms with Crippen LogP contribution < -0.4 is 10.1 Å². The predicted octanol–water partition coefficient (Wildman–Crippen LogP) is 4.15. The summed E-state index contributed by atoms with van der Waals surface area (Å²) < 4.78 is 6.06. The molecule has 1 amide bonds. The maximum atomic E-state index is 12.2. The lowest BCUT2D eigenvalue weighted by Crippen LogP contribution is -2.13. The van der Waals surface area contributed by atoms with Gasteiger partial charge in [0.25, 0.3) is 5.91 Å². The number of hydrogen-bond acceptors (Lipinski definition) is 3. The first-order chi connectivity index (χ1) is 9.60. The lowest BCUT2D eigenvalue weighted by molar-refractivity contribution is 0.102. The van der Waals surface area contributed by atoms with Crippen LogP contribution in [-0.4, -0.2) is 17.5 Å². The van der Waals surface area contributed by atoms with Crippen molar-refractivity contribution in [3.05, 3.63) is 51.7 Å². The van der Waals surface area contributed by atoms with Crippen LogP contribution in [0.2, 0.25) is 5.02 Å². The highest BCUT2D eigenvalue weighted by Crippen LogP contribution is 2.28. The monoisotopic (exact) mass is 354 g/mol. The van der Waals surface area contributed by atoms with Crippen LogP contribution in [0.15, 0.2) is 41.1 Å². The highest BCUT2D eigenvalue weighted by molar-refractivity contribution is 9.10. The molecule has 0 aliphatic carbocycles. The summed E-state index contributed by atoms with van der Waals surface area (Å²) in [6, 6.07) is 8.36. The number of rotatable bonds is 4. The average Bonchev–Trinajstić information content (AvgIpc) is 2.42. The van der Waals surface area contributed by atoms with Gasteiger partial charge < -0.3 is 10.1 Å². The topological polar surface area (TPSA) is 51.2 Å². The third-order valence-electron chi connectivity index (χ3n) is 2.48. The smallest absolute Gasteiger partial charge is 0.255 e. The fourth-order valence-electron chi connectivity index (χ4n) is 1.62. The maximum absolute atomic E-state index is 12.2. The first-order valence-corrected chi connectivity index (χ1v) is 7.12. The largest absolute Gasteiger partial charge is 0.492 e. The quantitative estimate of drug-likeness (QED) is 0.838. The van der Waals surface area contributed by atoms with Gasteiger partial charge in [0.1, 0.15) is 10.4 Å². The molecule has 0 bridgehead atoms. The molecule has 1 N–H and O–H groups in total. The molecular weight excluding hydrogens is 344 g/mol. The summed E-state index contributed by atoms with van der Waals surface area (Å²) in [6.07, 6.45) is 1.56. The summed E-state index contributed by atoms with van der Waals surface area (Å²) in [5.41, 5.74) is 1.03. The minimum absolute atomic E-state index is 0.253. The van der Waals surface area contributed by atoms with Gasteiger partial charge in [-0.1, -0.05) is 11.6 Å². The van der Waals surface area contributed by atoms with Gasteiger partial charge in [0.2, 0.25) is 0 Å². The van der Waals surface area contributed by atoms with Gasteiger partial charge in [-0.15, -0.1) is 0 Å². The molecule has 1 aromatic heterocycles. The molecule has 0 aliphatic rings. The molecule has 2 aromatic rings. The molecule has 0 aliphatic heterocycles. The van der Waals surface area contributed by atoms with Crippen molar-refractivity contribution in [1.29, 1.82) is 0 Å². The van der Waals surface area contributed by atoms with E-state index in [4.69, 9.17) is 16.3 Å². The molecule has 2 rings (SSSR count). The molecule has 0 saturated carbocycles. The van der Waals surface area contributed by atoms with Gasteiger partial charge >= 0.3 is 0 Å². The predicted molar refractivity (Wildman–Crippen MR) is 82.5 cm³/mol. The summed E-state index contributed by atoms with van der Waals surface area (Å²) in [5.74, 6) is 0.328. The molecule has 0 spiro atoms. The van der Waals surface area contributed by atoms with Crippen molar-refractivity contribution in [1.82, 2.24) is 4.98 Å². The number of hydrogen-bond donors (Lipinski definition) is 1. The van der Waals surface area contributed by atoms with Crippen LogP contribution in [0.1, 0.15) is 17.3 Å². The van der Waals surface area contributed by atoms with Crippen molar-refractivity contribution in [3.63, 3.8) is 0 Å². The highest BCUT2D eigenvalue weighted by atomic mass is 79.9. The zero-order chi connectivity index (χ0) is 14.5. The second-order valence-electron chi connectivity index (χ2n) is 3.89. The normalized spacial score (nSPS) is 10.2. The Morgan fingerprint density at radius 3 is 2.90 bits per heavy atom. The Morgan fingerprint density at radius 2 is 2.20 bits per heavy atom. The number of halogens is 2. The van der Waals surface area contributed by atoms with Crippen LogP contribution in [0.3, 0.4) is 0 Å². The third kappa shape index (κ3) is 3.71. The highest BCUT2D eigenvalue weighted by Gasteiger charge is 2.11. The molecular formula is C14H12BrClN2O2. The Labute approximate surface area is 130 Å². The summed E-state index contributed by atoms with van der Waals surface area (Å²) in [5, 5.41) is 3.31. The van der Waals surface area contributed by atoms with Crippen LogP contribution in [0.4, 0.5) is 5.69 Å². The number of benzene rings is 1. The molecule has 0 unspecified atom stereocenters. The van der Waals surface area contributed by atoms with Crippen LogP contribution in [0.25, 0.3) is 0 Å². The summed E-state index contributed by atoms with van der Waals surface area (Å²) in [4.78, 5) is 16.2. The number of carbonyl (C=O) groups excluding carboxylic acids is 1. The van der Waals surface area contributed by atoms with Crippen molar-refractivity contribution < 1.29 is 9.53 Å². The summed E-state index contributed by atoms with van der Waals surface area (Å²) in [7, 11) is 0. The number of carbonyl (C=O) groups is 1. The van der Waals surface area contributed by atoms with Gasteiger partial charge in [-0.25, -0.2) is 4.98 Å². The number of pyridine rings is 1. The van der Waals surface area contributed by atoms with Gasteiger partial charge in [0.15, 0.2) is 0 Å². The number of ether oxygens (including phenoxy) is 1. The first-order valence-electron chi connectivity index (χ1n) is 5.95. The lowest BCUT2D eigenvalue weighted by Gasteiger charge is -2.12. The van der Waals surface area contributed by atoms with Crippen LogP contribution >= 0.6 is 27.5 Å². The summed E-state index contributed by atoms with van der Waals surface area (Å²) in [6.45, 7) is 2.38. The molecule has 1 heterocycles. The van der Waals surface area contributed by atoms with Gasteiger partial charge in [0, 0.05) is 16.8 Å². The lowest BCUT2D eigenvalue weighted by atomic mass is 10.2. The van der Waals surface area contributed by atoms with Crippen LogP contribution in [0.5, 0.6) is 5.75 Å². The molecule has 4 nitrogen and oxygen atoms in total. The molecule has 0 fully saturated rings. The van der Waals surface area contributed by atoms with Crippen LogP contribution in [0, 0.1) is 0 Å². The first kappa shape index (κ1) is 14.8. The molecule has 20 heavy (non-hydrogen) atoms. The number of nitrogens with one attached hydrogen (secondary N) is 1. The molecule has 0 saturated heterocycles. The fraction of sp³-hybridized carbons (Fsp3) is 0.143. The minimum Gasteiger partial charge on any atom is -0.492 e. The summed E-state index contributed by atoms with van der Waals surface area (Å²) >= 11 is 9.18. The van der Waals surface area contributed by atoms with Gasteiger partial charge in [0.05, 0.1) is 12.3 Å². The molecule has 1 aromatic carbocycles. The zero-order valence-electron chi connectivity index (χ0n) is 10.7. The van der Waals surface area contributed by atoms with E-state index in [0.717, 1.165) is 0 Å². The van der Waals surface area contributed by atoms with Gasteiger partial charge in [-0.3, -0.25) is 4.79 Å². The van der Waals surface area contributed by atoms with Crippen molar-refractivity contribution in [3.8, 4) is 5.75 Å².